The normalized spacial score (nSPS) is 11.3. The minimum Gasteiger partial charge on any atom is -0.340 e. The molecule has 0 aliphatic rings. The van der Waals surface area contributed by atoms with E-state index in [1.54, 1.807) is 16.8 Å². The Balaban J connectivity index is 2.95. The molecule has 0 atom stereocenters. The molecule has 0 spiro atoms. The van der Waals surface area contributed by atoms with Gasteiger partial charge in [-0.2, -0.15) is 0 Å². The number of aromatic nitrogens is 1. The summed E-state index contributed by atoms with van der Waals surface area (Å²) in [5.74, 6) is -0.398. The highest BCUT2D eigenvalue weighted by Crippen LogP contribution is 2.20. The summed E-state index contributed by atoms with van der Waals surface area (Å²) in [4.78, 5) is 13.0. The Bertz CT molecular complexity index is 404. The third kappa shape index (κ3) is 3.52. The van der Waals surface area contributed by atoms with Crippen molar-refractivity contribution in [3.05, 3.63) is 22.4 Å². The van der Waals surface area contributed by atoms with Crippen LogP contribution in [0.25, 0.3) is 0 Å². The number of hydrogen-bond donors (Lipinski definition) is 0. The first-order chi connectivity index (χ1) is 7.82. The van der Waals surface area contributed by atoms with Gasteiger partial charge in [-0.15, -0.1) is 0 Å². The molecule has 0 aliphatic heterocycles. The van der Waals surface area contributed by atoms with E-state index >= 15 is 0 Å². The third-order valence-electron chi connectivity index (χ3n) is 2.35. The quantitative estimate of drug-likeness (QED) is 0.838. The Labute approximate surface area is 108 Å². The largest absolute Gasteiger partial charge is 0.340 e. The highest BCUT2D eigenvalue weighted by atomic mass is 79.9. The lowest BCUT2D eigenvalue weighted by molar-refractivity contribution is 0.0610. The molecule has 6 heteroatoms. The standard InChI is InChI=1S/C11H15BrF2N2O/c1-7(2)16-5-8(12)4-9(16)11(17)15(3)6-10(13)14/h4-5,7,10H,6H2,1-3H3. The lowest BCUT2D eigenvalue weighted by atomic mass is 10.3. The molecule has 1 aromatic rings. The summed E-state index contributed by atoms with van der Waals surface area (Å²) in [6.45, 7) is 3.30. The Hall–Kier alpha value is -0.910. The molecule has 0 N–H and O–H groups in total. The average Bonchev–Trinajstić information content (AvgIpc) is 2.58. The predicted octanol–water partition coefficient (Wildman–Crippen LogP) is 3.17. The van der Waals surface area contributed by atoms with Crippen molar-refractivity contribution in [1.82, 2.24) is 9.47 Å². The van der Waals surface area contributed by atoms with E-state index in [0.29, 0.717) is 5.69 Å². The van der Waals surface area contributed by atoms with Crippen molar-refractivity contribution in [3.8, 4) is 0 Å². The summed E-state index contributed by atoms with van der Waals surface area (Å²) in [5, 5.41) is 0. The van der Waals surface area contributed by atoms with E-state index in [1.165, 1.54) is 7.05 Å². The molecule has 3 nitrogen and oxygen atoms in total. The Morgan fingerprint density at radius 1 is 1.53 bits per heavy atom. The van der Waals surface area contributed by atoms with E-state index in [2.05, 4.69) is 15.9 Å². The molecule has 0 aliphatic carbocycles. The van der Waals surface area contributed by atoms with Crippen LogP contribution in [-0.2, 0) is 0 Å². The van der Waals surface area contributed by atoms with Gasteiger partial charge in [0.25, 0.3) is 12.3 Å². The van der Waals surface area contributed by atoms with Gasteiger partial charge in [-0.3, -0.25) is 4.79 Å². The van der Waals surface area contributed by atoms with Crippen LogP contribution >= 0.6 is 15.9 Å². The second kappa shape index (κ2) is 5.62. The number of carbonyl (C=O) groups excluding carboxylic acids is 1. The molecule has 1 heterocycles. The molecule has 17 heavy (non-hydrogen) atoms. The predicted molar refractivity (Wildman–Crippen MR) is 65.5 cm³/mol. The van der Waals surface area contributed by atoms with Gasteiger partial charge in [0.15, 0.2) is 0 Å². The van der Waals surface area contributed by atoms with Gasteiger partial charge in [0.2, 0.25) is 0 Å². The van der Waals surface area contributed by atoms with Crippen LogP contribution in [-0.4, -0.2) is 35.4 Å². The number of alkyl halides is 2. The first-order valence-corrected chi connectivity index (χ1v) is 6.03. The summed E-state index contributed by atoms with van der Waals surface area (Å²) in [5.41, 5.74) is 0.412. The van der Waals surface area contributed by atoms with E-state index in [-0.39, 0.29) is 6.04 Å². The highest BCUT2D eigenvalue weighted by Gasteiger charge is 2.20. The van der Waals surface area contributed by atoms with Crippen molar-refractivity contribution < 1.29 is 13.6 Å². The van der Waals surface area contributed by atoms with Crippen molar-refractivity contribution in [3.63, 3.8) is 0 Å². The second-order valence-corrected chi connectivity index (χ2v) is 5.04. The van der Waals surface area contributed by atoms with Crippen molar-refractivity contribution >= 4 is 21.8 Å². The number of hydrogen-bond acceptors (Lipinski definition) is 1. The smallest absolute Gasteiger partial charge is 0.270 e. The molecule has 96 valence electrons. The summed E-state index contributed by atoms with van der Waals surface area (Å²) in [7, 11) is 1.38. The highest BCUT2D eigenvalue weighted by molar-refractivity contribution is 9.10. The molecule has 0 bridgehead atoms. The molecule has 1 aromatic heterocycles. The summed E-state index contributed by atoms with van der Waals surface area (Å²) < 4.78 is 27.0. The molecule has 0 fully saturated rings. The van der Waals surface area contributed by atoms with E-state index in [0.717, 1.165) is 9.37 Å². The van der Waals surface area contributed by atoms with E-state index in [4.69, 9.17) is 0 Å². The fourth-order valence-electron chi connectivity index (χ4n) is 1.53. The number of rotatable bonds is 4. The van der Waals surface area contributed by atoms with Gasteiger partial charge in [-0.1, -0.05) is 0 Å². The molecule has 0 radical (unpaired) electrons. The van der Waals surface area contributed by atoms with Gasteiger partial charge in [0, 0.05) is 23.8 Å². The first-order valence-electron chi connectivity index (χ1n) is 5.24. The van der Waals surface area contributed by atoms with Gasteiger partial charge in [-0.05, 0) is 35.8 Å². The lowest BCUT2D eigenvalue weighted by Crippen LogP contribution is -2.32. The number of nitrogens with zero attached hydrogens (tertiary/aromatic N) is 2. The second-order valence-electron chi connectivity index (χ2n) is 4.12. The zero-order valence-electron chi connectivity index (χ0n) is 9.95. The fourth-order valence-corrected chi connectivity index (χ4v) is 1.97. The van der Waals surface area contributed by atoms with E-state index in [9.17, 15) is 13.6 Å². The van der Waals surface area contributed by atoms with Crippen LogP contribution in [0.4, 0.5) is 8.78 Å². The third-order valence-corrected chi connectivity index (χ3v) is 2.78. The van der Waals surface area contributed by atoms with Crippen molar-refractivity contribution in [2.45, 2.75) is 26.3 Å². The van der Waals surface area contributed by atoms with Crippen LogP contribution in [0.5, 0.6) is 0 Å². The van der Waals surface area contributed by atoms with Crippen LogP contribution in [0.2, 0.25) is 0 Å². The maximum absolute atomic E-state index is 12.2. The molecule has 0 saturated heterocycles. The van der Waals surface area contributed by atoms with E-state index in [1.807, 2.05) is 13.8 Å². The van der Waals surface area contributed by atoms with Crippen LogP contribution < -0.4 is 0 Å². The van der Waals surface area contributed by atoms with Crippen LogP contribution in [0.15, 0.2) is 16.7 Å². The first kappa shape index (κ1) is 14.2. The van der Waals surface area contributed by atoms with Gasteiger partial charge in [0.05, 0.1) is 6.54 Å². The fraction of sp³-hybridized carbons (Fsp3) is 0.545. The Kier molecular flexibility index (Phi) is 4.68. The van der Waals surface area contributed by atoms with Gasteiger partial charge >= 0.3 is 0 Å². The molecule has 0 aromatic carbocycles. The topological polar surface area (TPSA) is 25.2 Å². The minimum atomic E-state index is -2.52. The molecule has 1 amide bonds. The SMILES string of the molecule is CC(C)n1cc(Br)cc1C(=O)N(C)CC(F)F. The molecular formula is C11H15BrF2N2O. The van der Waals surface area contributed by atoms with Gasteiger partial charge in [0.1, 0.15) is 5.69 Å². The Morgan fingerprint density at radius 2 is 2.12 bits per heavy atom. The zero-order chi connectivity index (χ0) is 13.2. The zero-order valence-corrected chi connectivity index (χ0v) is 11.5. The summed E-state index contributed by atoms with van der Waals surface area (Å²) in [6, 6.07) is 1.74. The summed E-state index contributed by atoms with van der Waals surface area (Å²) >= 11 is 3.28. The molecule has 0 saturated carbocycles. The maximum atomic E-state index is 12.2. The van der Waals surface area contributed by atoms with Crippen molar-refractivity contribution in [2.75, 3.05) is 13.6 Å². The molecule has 0 unspecified atom stereocenters. The number of carbonyl (C=O) groups is 1. The van der Waals surface area contributed by atoms with Crippen LogP contribution in [0, 0.1) is 0 Å². The van der Waals surface area contributed by atoms with Crippen molar-refractivity contribution in [1.29, 1.82) is 0 Å². The van der Waals surface area contributed by atoms with Crippen LogP contribution in [0.1, 0.15) is 30.4 Å². The van der Waals surface area contributed by atoms with Crippen molar-refractivity contribution in [2.24, 2.45) is 0 Å². The number of halogens is 3. The molecule has 1 rings (SSSR count). The average molecular weight is 309 g/mol. The van der Waals surface area contributed by atoms with Crippen LogP contribution in [0.3, 0.4) is 0 Å². The Morgan fingerprint density at radius 3 is 2.59 bits per heavy atom. The monoisotopic (exact) mass is 308 g/mol. The van der Waals surface area contributed by atoms with Gasteiger partial charge < -0.3 is 9.47 Å². The van der Waals surface area contributed by atoms with Gasteiger partial charge in [-0.25, -0.2) is 8.78 Å². The summed E-state index contributed by atoms with van der Waals surface area (Å²) in [6.07, 6.45) is -0.747. The lowest BCUT2D eigenvalue weighted by Gasteiger charge is -2.19. The maximum Gasteiger partial charge on any atom is 0.270 e. The molecular weight excluding hydrogens is 294 g/mol. The number of amides is 1. The van der Waals surface area contributed by atoms with E-state index < -0.39 is 18.9 Å². The minimum absolute atomic E-state index is 0.0974.